The highest BCUT2D eigenvalue weighted by atomic mass is 15.1. The van der Waals surface area contributed by atoms with Crippen LogP contribution in [0.2, 0.25) is 0 Å². The van der Waals surface area contributed by atoms with Crippen molar-refractivity contribution in [1.82, 2.24) is 0 Å². The molecule has 1 saturated carbocycles. The van der Waals surface area contributed by atoms with Crippen molar-refractivity contribution in [2.75, 3.05) is 23.3 Å². The maximum Gasteiger partial charge on any atom is 0.0373 e. The standard InChI is InChI=1S/C18H28N2/c1-14-12-17(20-10-3-4-11-20)8-9-18(14)19-15(2)13-16-6-5-7-16/h8-9,12,15-16,19H,3-7,10-11,13H2,1-2H3. The maximum absolute atomic E-state index is 3.71. The zero-order valence-corrected chi connectivity index (χ0v) is 13.0. The molecule has 1 atom stereocenters. The molecule has 0 bridgehead atoms. The minimum absolute atomic E-state index is 0.594. The number of benzene rings is 1. The Balaban J connectivity index is 1.61. The topological polar surface area (TPSA) is 15.3 Å². The van der Waals surface area contributed by atoms with Gasteiger partial charge in [0, 0.05) is 30.5 Å². The number of nitrogens with zero attached hydrogens (tertiary/aromatic N) is 1. The Bertz CT molecular complexity index is 445. The highest BCUT2D eigenvalue weighted by Crippen LogP contribution is 2.32. The quantitative estimate of drug-likeness (QED) is 0.843. The van der Waals surface area contributed by atoms with Gasteiger partial charge in [-0.25, -0.2) is 0 Å². The monoisotopic (exact) mass is 272 g/mol. The number of rotatable bonds is 5. The van der Waals surface area contributed by atoms with Crippen molar-refractivity contribution in [3.63, 3.8) is 0 Å². The fourth-order valence-electron chi connectivity index (χ4n) is 3.53. The third-order valence-electron chi connectivity index (χ3n) is 4.99. The van der Waals surface area contributed by atoms with E-state index in [1.54, 1.807) is 0 Å². The van der Waals surface area contributed by atoms with Crippen LogP contribution in [0.1, 0.15) is 51.0 Å². The van der Waals surface area contributed by atoms with Crippen LogP contribution in [-0.2, 0) is 0 Å². The zero-order chi connectivity index (χ0) is 13.9. The van der Waals surface area contributed by atoms with Gasteiger partial charge >= 0.3 is 0 Å². The summed E-state index contributed by atoms with van der Waals surface area (Å²) in [5.41, 5.74) is 4.10. The van der Waals surface area contributed by atoms with Crippen LogP contribution in [0.3, 0.4) is 0 Å². The summed E-state index contributed by atoms with van der Waals surface area (Å²) in [5.74, 6) is 0.974. The predicted octanol–water partition coefficient (Wildman–Crippen LogP) is 4.59. The van der Waals surface area contributed by atoms with Gasteiger partial charge in [-0.1, -0.05) is 19.3 Å². The van der Waals surface area contributed by atoms with E-state index in [0.29, 0.717) is 6.04 Å². The number of anilines is 2. The fourth-order valence-corrected chi connectivity index (χ4v) is 3.53. The molecule has 2 nitrogen and oxygen atoms in total. The van der Waals surface area contributed by atoms with Crippen molar-refractivity contribution >= 4 is 11.4 Å². The van der Waals surface area contributed by atoms with Gasteiger partial charge in [0.15, 0.2) is 0 Å². The van der Waals surface area contributed by atoms with Gasteiger partial charge in [-0.15, -0.1) is 0 Å². The Morgan fingerprint density at radius 3 is 2.55 bits per heavy atom. The van der Waals surface area contributed by atoms with Crippen LogP contribution in [0.15, 0.2) is 18.2 Å². The zero-order valence-electron chi connectivity index (χ0n) is 13.0. The minimum atomic E-state index is 0.594. The summed E-state index contributed by atoms with van der Waals surface area (Å²) >= 11 is 0. The molecule has 1 aliphatic carbocycles. The van der Waals surface area contributed by atoms with E-state index in [1.165, 1.54) is 68.6 Å². The summed E-state index contributed by atoms with van der Waals surface area (Å²) in [7, 11) is 0. The fraction of sp³-hybridized carbons (Fsp3) is 0.667. The summed E-state index contributed by atoms with van der Waals surface area (Å²) in [5, 5.41) is 3.71. The summed E-state index contributed by atoms with van der Waals surface area (Å²) in [6.45, 7) is 7.01. The van der Waals surface area contributed by atoms with Crippen LogP contribution in [0.5, 0.6) is 0 Å². The second-order valence-corrected chi connectivity index (χ2v) is 6.77. The SMILES string of the molecule is Cc1cc(N2CCCC2)ccc1NC(C)CC1CCC1. The van der Waals surface area contributed by atoms with Crippen molar-refractivity contribution in [3.8, 4) is 0 Å². The summed E-state index contributed by atoms with van der Waals surface area (Å²) in [6, 6.07) is 7.51. The molecule has 1 N–H and O–H groups in total. The molecule has 3 rings (SSSR count). The average molecular weight is 272 g/mol. The lowest BCUT2D eigenvalue weighted by Crippen LogP contribution is -2.23. The molecule has 0 amide bonds. The highest BCUT2D eigenvalue weighted by molar-refractivity contribution is 5.60. The molecule has 1 aromatic rings. The van der Waals surface area contributed by atoms with Gasteiger partial charge < -0.3 is 10.2 Å². The first-order chi connectivity index (χ1) is 9.72. The Morgan fingerprint density at radius 1 is 1.20 bits per heavy atom. The lowest BCUT2D eigenvalue weighted by molar-refractivity contribution is 0.286. The number of hydrogen-bond acceptors (Lipinski definition) is 2. The molecule has 110 valence electrons. The number of nitrogens with one attached hydrogen (secondary N) is 1. The van der Waals surface area contributed by atoms with Crippen LogP contribution in [0, 0.1) is 12.8 Å². The van der Waals surface area contributed by atoms with E-state index >= 15 is 0 Å². The lowest BCUT2D eigenvalue weighted by Gasteiger charge is -2.29. The maximum atomic E-state index is 3.71. The third-order valence-corrected chi connectivity index (χ3v) is 4.99. The number of aryl methyl sites for hydroxylation is 1. The smallest absolute Gasteiger partial charge is 0.0373 e. The molecule has 1 unspecified atom stereocenters. The van der Waals surface area contributed by atoms with E-state index in [9.17, 15) is 0 Å². The molecular formula is C18H28N2. The van der Waals surface area contributed by atoms with Crippen molar-refractivity contribution < 1.29 is 0 Å². The molecular weight excluding hydrogens is 244 g/mol. The van der Waals surface area contributed by atoms with Crippen LogP contribution in [0.4, 0.5) is 11.4 Å². The van der Waals surface area contributed by atoms with Gasteiger partial charge in [-0.2, -0.15) is 0 Å². The van der Waals surface area contributed by atoms with E-state index in [0.717, 1.165) is 5.92 Å². The molecule has 0 spiro atoms. The Hall–Kier alpha value is -1.18. The van der Waals surface area contributed by atoms with Crippen molar-refractivity contribution in [3.05, 3.63) is 23.8 Å². The minimum Gasteiger partial charge on any atom is -0.382 e. The Labute approximate surface area is 123 Å². The van der Waals surface area contributed by atoms with E-state index in [-0.39, 0.29) is 0 Å². The van der Waals surface area contributed by atoms with Gasteiger partial charge in [0.05, 0.1) is 0 Å². The van der Waals surface area contributed by atoms with E-state index < -0.39 is 0 Å². The predicted molar refractivity (Wildman–Crippen MR) is 87.7 cm³/mol. The number of hydrogen-bond donors (Lipinski definition) is 1. The first kappa shape index (κ1) is 13.8. The summed E-state index contributed by atoms with van der Waals surface area (Å²) in [6.07, 6.45) is 8.35. The van der Waals surface area contributed by atoms with Crippen LogP contribution in [0.25, 0.3) is 0 Å². The van der Waals surface area contributed by atoms with Crippen LogP contribution in [-0.4, -0.2) is 19.1 Å². The van der Waals surface area contributed by atoms with Gasteiger partial charge in [-0.05, 0) is 62.8 Å². The van der Waals surface area contributed by atoms with Crippen molar-refractivity contribution in [2.45, 2.75) is 58.4 Å². The van der Waals surface area contributed by atoms with Crippen LogP contribution < -0.4 is 10.2 Å². The van der Waals surface area contributed by atoms with Crippen LogP contribution >= 0.6 is 0 Å². The highest BCUT2D eigenvalue weighted by Gasteiger charge is 2.20. The first-order valence-electron chi connectivity index (χ1n) is 8.34. The molecule has 0 radical (unpaired) electrons. The average Bonchev–Trinajstić information content (AvgIpc) is 2.90. The second-order valence-electron chi connectivity index (χ2n) is 6.77. The Kier molecular flexibility index (Phi) is 4.18. The summed E-state index contributed by atoms with van der Waals surface area (Å²) in [4.78, 5) is 2.51. The molecule has 1 heterocycles. The lowest BCUT2D eigenvalue weighted by atomic mass is 9.81. The molecule has 2 heteroatoms. The molecule has 1 aliphatic heterocycles. The third kappa shape index (κ3) is 3.11. The van der Waals surface area contributed by atoms with Gasteiger partial charge in [0.2, 0.25) is 0 Å². The summed E-state index contributed by atoms with van der Waals surface area (Å²) < 4.78 is 0. The second kappa shape index (κ2) is 6.07. The van der Waals surface area contributed by atoms with Gasteiger partial charge in [-0.3, -0.25) is 0 Å². The molecule has 1 aromatic carbocycles. The molecule has 1 saturated heterocycles. The van der Waals surface area contributed by atoms with Gasteiger partial charge in [0.1, 0.15) is 0 Å². The normalized spacial score (nSPS) is 20.8. The van der Waals surface area contributed by atoms with E-state index in [1.807, 2.05) is 0 Å². The molecule has 2 aliphatic rings. The van der Waals surface area contributed by atoms with Gasteiger partial charge in [0.25, 0.3) is 0 Å². The molecule has 2 fully saturated rings. The first-order valence-corrected chi connectivity index (χ1v) is 8.34. The van der Waals surface area contributed by atoms with E-state index in [2.05, 4.69) is 42.3 Å². The largest absolute Gasteiger partial charge is 0.382 e. The van der Waals surface area contributed by atoms with Crippen molar-refractivity contribution in [2.24, 2.45) is 5.92 Å². The molecule has 20 heavy (non-hydrogen) atoms. The van der Waals surface area contributed by atoms with E-state index in [4.69, 9.17) is 0 Å². The van der Waals surface area contributed by atoms with Crippen molar-refractivity contribution in [1.29, 1.82) is 0 Å². The Morgan fingerprint density at radius 2 is 1.95 bits per heavy atom. The molecule has 0 aromatic heterocycles.